The highest BCUT2D eigenvalue weighted by Gasteiger charge is 2.28. The summed E-state index contributed by atoms with van der Waals surface area (Å²) in [6.07, 6.45) is -0.287. The zero-order valence-electron chi connectivity index (χ0n) is 7.36. The molecule has 4 nitrogen and oxygen atoms in total. The number of methoxy groups -OCH3 is 1. The minimum atomic E-state index is -0.287. The second-order valence-electron chi connectivity index (χ2n) is 3.10. The van der Waals surface area contributed by atoms with Gasteiger partial charge < -0.3 is 15.2 Å². The predicted molar refractivity (Wildman–Crippen MR) is 50.3 cm³/mol. The van der Waals surface area contributed by atoms with Crippen molar-refractivity contribution in [3.8, 4) is 5.88 Å². The first kappa shape index (κ1) is 8.93. The van der Waals surface area contributed by atoms with Gasteiger partial charge in [0.25, 0.3) is 0 Å². The van der Waals surface area contributed by atoms with Gasteiger partial charge in [-0.1, -0.05) is 0 Å². The maximum atomic E-state index is 9.60. The third kappa shape index (κ3) is 1.67. The highest BCUT2D eigenvalue weighted by Crippen LogP contribution is 2.29. The Kier molecular flexibility index (Phi) is 2.48. The Morgan fingerprint density at radius 2 is 2.54 bits per heavy atom. The molecule has 0 radical (unpaired) electrons. The van der Waals surface area contributed by atoms with Crippen LogP contribution in [0.2, 0.25) is 0 Å². The quantitative estimate of drug-likeness (QED) is 0.716. The van der Waals surface area contributed by atoms with Crippen molar-refractivity contribution < 1.29 is 9.84 Å². The fraction of sp³-hybridized carbons (Fsp3) is 0.625. The van der Waals surface area contributed by atoms with Crippen molar-refractivity contribution in [2.75, 3.05) is 20.2 Å². The van der Waals surface area contributed by atoms with Crippen LogP contribution in [0.4, 0.5) is 0 Å². The Bertz CT molecular complexity index is 289. The van der Waals surface area contributed by atoms with Crippen LogP contribution in [-0.2, 0) is 0 Å². The molecule has 0 aliphatic carbocycles. The molecule has 5 heteroatoms. The Hall–Kier alpha value is -0.650. The van der Waals surface area contributed by atoms with E-state index in [0.717, 1.165) is 11.4 Å². The summed E-state index contributed by atoms with van der Waals surface area (Å²) in [6.45, 7) is 1.50. The van der Waals surface area contributed by atoms with E-state index in [2.05, 4.69) is 9.69 Å². The lowest BCUT2D eigenvalue weighted by atomic mass is 10.1. The second kappa shape index (κ2) is 3.61. The lowest BCUT2D eigenvalue weighted by Crippen LogP contribution is -2.15. The van der Waals surface area contributed by atoms with Gasteiger partial charge >= 0.3 is 0 Å². The molecule has 72 valence electrons. The first-order valence-corrected chi connectivity index (χ1v) is 4.98. The van der Waals surface area contributed by atoms with E-state index in [1.54, 1.807) is 7.11 Å². The van der Waals surface area contributed by atoms with Crippen molar-refractivity contribution in [2.24, 2.45) is 0 Å². The van der Waals surface area contributed by atoms with Crippen molar-refractivity contribution >= 4 is 11.5 Å². The van der Waals surface area contributed by atoms with E-state index in [9.17, 15) is 5.11 Å². The summed E-state index contributed by atoms with van der Waals surface area (Å²) in [5.41, 5.74) is 0. The van der Waals surface area contributed by atoms with E-state index in [1.807, 2.05) is 6.07 Å². The molecule has 1 aromatic heterocycles. The van der Waals surface area contributed by atoms with Gasteiger partial charge in [-0.2, -0.15) is 4.37 Å². The van der Waals surface area contributed by atoms with Gasteiger partial charge in [0.05, 0.1) is 13.2 Å². The number of aliphatic hydroxyl groups is 1. The number of ether oxygens (including phenoxy) is 1. The zero-order chi connectivity index (χ0) is 9.26. The molecule has 0 amide bonds. The van der Waals surface area contributed by atoms with E-state index >= 15 is 0 Å². The number of nitrogens with one attached hydrogen (secondary N) is 1. The van der Waals surface area contributed by atoms with Gasteiger partial charge in [0, 0.05) is 30.0 Å². The van der Waals surface area contributed by atoms with E-state index in [1.165, 1.54) is 11.5 Å². The smallest absolute Gasteiger partial charge is 0.225 e. The minimum Gasteiger partial charge on any atom is -0.480 e. The highest BCUT2D eigenvalue weighted by atomic mass is 32.1. The number of hydrogen-bond acceptors (Lipinski definition) is 5. The molecule has 1 aromatic rings. The van der Waals surface area contributed by atoms with Gasteiger partial charge in [-0.25, -0.2) is 0 Å². The van der Waals surface area contributed by atoms with E-state index < -0.39 is 0 Å². The Balaban J connectivity index is 2.15. The summed E-state index contributed by atoms with van der Waals surface area (Å²) in [5, 5.41) is 12.7. The summed E-state index contributed by atoms with van der Waals surface area (Å²) in [6, 6.07) is 1.89. The number of aromatic nitrogens is 1. The van der Waals surface area contributed by atoms with Crippen LogP contribution in [0.3, 0.4) is 0 Å². The van der Waals surface area contributed by atoms with Crippen LogP contribution < -0.4 is 10.1 Å². The van der Waals surface area contributed by atoms with Crippen LogP contribution in [0.5, 0.6) is 5.88 Å². The average molecular weight is 200 g/mol. The van der Waals surface area contributed by atoms with Crippen molar-refractivity contribution in [3.05, 3.63) is 10.9 Å². The highest BCUT2D eigenvalue weighted by molar-refractivity contribution is 7.06. The normalized spacial score (nSPS) is 27.8. The number of hydrogen-bond donors (Lipinski definition) is 2. The van der Waals surface area contributed by atoms with Crippen molar-refractivity contribution in [1.29, 1.82) is 0 Å². The second-order valence-corrected chi connectivity index (χ2v) is 3.94. The molecule has 0 spiro atoms. The van der Waals surface area contributed by atoms with Crippen LogP contribution in [-0.4, -0.2) is 35.8 Å². The number of β-amino-alcohol motifs (C(OH)–C–C–N with tert-alkyl or cyclic N) is 1. The van der Waals surface area contributed by atoms with Crippen LogP contribution in [0.25, 0.3) is 0 Å². The summed E-state index contributed by atoms with van der Waals surface area (Å²) >= 11 is 1.40. The van der Waals surface area contributed by atoms with E-state index in [0.29, 0.717) is 12.4 Å². The largest absolute Gasteiger partial charge is 0.480 e. The number of aliphatic hydroxyl groups excluding tert-OH is 1. The molecule has 2 rings (SSSR count). The van der Waals surface area contributed by atoms with E-state index in [4.69, 9.17) is 4.74 Å². The first-order valence-electron chi connectivity index (χ1n) is 4.20. The molecule has 1 saturated heterocycles. The lowest BCUT2D eigenvalue weighted by molar-refractivity contribution is 0.179. The monoisotopic (exact) mass is 200 g/mol. The molecule has 13 heavy (non-hydrogen) atoms. The third-order valence-electron chi connectivity index (χ3n) is 2.26. The molecule has 1 aliphatic heterocycles. The number of nitrogens with zero attached hydrogens (tertiary/aromatic N) is 1. The SMILES string of the molecule is COc1cc(C2CNCC2O)sn1. The van der Waals surface area contributed by atoms with Gasteiger partial charge in [-0.3, -0.25) is 0 Å². The van der Waals surface area contributed by atoms with Crippen molar-refractivity contribution in [3.63, 3.8) is 0 Å². The summed E-state index contributed by atoms with van der Waals surface area (Å²) in [4.78, 5) is 1.09. The molecule has 0 saturated carbocycles. The molecule has 0 aromatic carbocycles. The molecule has 2 unspecified atom stereocenters. The molecule has 0 bridgehead atoms. The fourth-order valence-electron chi connectivity index (χ4n) is 1.50. The molecular weight excluding hydrogens is 188 g/mol. The molecular formula is C8H12N2O2S. The van der Waals surface area contributed by atoms with Crippen LogP contribution in [0.1, 0.15) is 10.8 Å². The van der Waals surface area contributed by atoms with Gasteiger partial charge in [0.1, 0.15) is 0 Å². The Morgan fingerprint density at radius 1 is 1.69 bits per heavy atom. The van der Waals surface area contributed by atoms with Gasteiger partial charge in [-0.15, -0.1) is 0 Å². The first-order chi connectivity index (χ1) is 6.31. The Labute approximate surface area is 80.7 Å². The third-order valence-corrected chi connectivity index (χ3v) is 3.17. The summed E-state index contributed by atoms with van der Waals surface area (Å²) < 4.78 is 9.08. The standard InChI is InChI=1S/C8H12N2O2S/c1-12-8-2-7(13-10-8)5-3-9-4-6(5)11/h2,5-6,9,11H,3-4H2,1H3. The summed E-state index contributed by atoms with van der Waals surface area (Å²) in [5.74, 6) is 0.820. The van der Waals surface area contributed by atoms with Crippen LogP contribution in [0.15, 0.2) is 6.07 Å². The molecule has 2 N–H and O–H groups in total. The van der Waals surface area contributed by atoms with Gasteiger partial charge in [0.2, 0.25) is 5.88 Å². The molecule has 2 atom stereocenters. The van der Waals surface area contributed by atoms with Crippen molar-refractivity contribution in [1.82, 2.24) is 9.69 Å². The van der Waals surface area contributed by atoms with Crippen LogP contribution >= 0.6 is 11.5 Å². The minimum absolute atomic E-state index is 0.182. The van der Waals surface area contributed by atoms with Crippen molar-refractivity contribution in [2.45, 2.75) is 12.0 Å². The average Bonchev–Trinajstić information content (AvgIpc) is 2.71. The molecule has 1 fully saturated rings. The maximum Gasteiger partial charge on any atom is 0.225 e. The fourth-order valence-corrected chi connectivity index (χ4v) is 2.35. The zero-order valence-corrected chi connectivity index (χ0v) is 8.17. The van der Waals surface area contributed by atoms with Gasteiger partial charge in [0.15, 0.2) is 0 Å². The van der Waals surface area contributed by atoms with Gasteiger partial charge in [-0.05, 0) is 11.5 Å². The topological polar surface area (TPSA) is 54.4 Å². The van der Waals surface area contributed by atoms with Crippen LogP contribution in [0, 0.1) is 0 Å². The lowest BCUT2D eigenvalue weighted by Gasteiger charge is -2.08. The molecule has 2 heterocycles. The maximum absolute atomic E-state index is 9.60. The van der Waals surface area contributed by atoms with E-state index in [-0.39, 0.29) is 12.0 Å². The Morgan fingerprint density at radius 3 is 3.08 bits per heavy atom. The predicted octanol–water partition coefficient (Wildman–Crippen LogP) is 0.199. The molecule has 1 aliphatic rings. The summed E-state index contributed by atoms with van der Waals surface area (Å²) in [7, 11) is 1.60. The number of rotatable bonds is 2.